The zero-order chi connectivity index (χ0) is 15.8. The van der Waals surface area contributed by atoms with Crippen LogP contribution in [0.3, 0.4) is 0 Å². The first-order chi connectivity index (χ1) is 9.97. The summed E-state index contributed by atoms with van der Waals surface area (Å²) in [5.41, 5.74) is 0.789. The second kappa shape index (κ2) is 8.63. The van der Waals surface area contributed by atoms with Crippen LogP contribution in [0.2, 0.25) is 0 Å². The van der Waals surface area contributed by atoms with Crippen molar-refractivity contribution in [1.82, 2.24) is 4.90 Å². The van der Waals surface area contributed by atoms with E-state index in [2.05, 4.69) is 0 Å². The number of hydrogen-bond acceptors (Lipinski definition) is 5. The molecule has 0 aromatic heterocycles. The molecule has 0 N–H and O–H groups in total. The Morgan fingerprint density at radius 3 is 2.86 bits per heavy atom. The average molecular weight is 312 g/mol. The fourth-order valence-corrected chi connectivity index (χ4v) is 2.55. The zero-order valence-corrected chi connectivity index (χ0v) is 13.3. The molecule has 1 aromatic rings. The molecule has 0 unspecified atom stereocenters. The molecule has 7 heteroatoms. The van der Waals surface area contributed by atoms with Crippen LogP contribution in [0.25, 0.3) is 0 Å². The fourth-order valence-electron chi connectivity index (χ4n) is 1.74. The van der Waals surface area contributed by atoms with E-state index in [9.17, 15) is 14.9 Å². The van der Waals surface area contributed by atoms with Gasteiger partial charge in [-0.2, -0.15) is 0 Å². The Hall–Kier alpha value is -1.60. The Kier molecular flexibility index (Phi) is 7.18. The van der Waals surface area contributed by atoms with Gasteiger partial charge in [0.05, 0.1) is 23.3 Å². The summed E-state index contributed by atoms with van der Waals surface area (Å²) in [5, 5.41) is 10.8. The lowest BCUT2D eigenvalue weighted by Gasteiger charge is -2.25. The number of rotatable bonds is 8. The van der Waals surface area contributed by atoms with Crippen LogP contribution in [0.4, 0.5) is 5.69 Å². The van der Waals surface area contributed by atoms with Gasteiger partial charge in [-0.1, -0.05) is 12.1 Å². The third kappa shape index (κ3) is 5.35. The molecule has 0 radical (unpaired) electrons. The smallest absolute Gasteiger partial charge is 0.269 e. The summed E-state index contributed by atoms with van der Waals surface area (Å²) < 4.78 is 4.93. The highest BCUT2D eigenvalue weighted by atomic mass is 32.2. The molecule has 0 aliphatic carbocycles. The molecule has 0 bridgehead atoms. The largest absolute Gasteiger partial charge is 0.384 e. The van der Waals surface area contributed by atoms with Crippen molar-refractivity contribution in [3.05, 3.63) is 39.9 Å². The predicted molar refractivity (Wildman–Crippen MR) is 83.5 cm³/mol. The molecule has 6 nitrogen and oxygen atoms in total. The predicted octanol–water partition coefficient (Wildman–Crippen LogP) is 2.49. The highest BCUT2D eigenvalue weighted by Gasteiger charge is 2.19. The van der Waals surface area contributed by atoms with Crippen molar-refractivity contribution >= 4 is 23.4 Å². The van der Waals surface area contributed by atoms with E-state index in [0.717, 1.165) is 11.3 Å². The van der Waals surface area contributed by atoms with Gasteiger partial charge in [-0.3, -0.25) is 14.9 Å². The molecule has 0 saturated carbocycles. The van der Waals surface area contributed by atoms with Crippen LogP contribution in [0.15, 0.2) is 24.3 Å². The first-order valence-electron chi connectivity index (χ1n) is 6.54. The van der Waals surface area contributed by atoms with Gasteiger partial charge in [-0.05, 0) is 12.5 Å². The Balaban J connectivity index is 2.64. The topological polar surface area (TPSA) is 72.7 Å². The molecule has 116 valence electrons. The number of amides is 1. The second-order valence-corrected chi connectivity index (χ2v) is 5.68. The van der Waals surface area contributed by atoms with Crippen molar-refractivity contribution in [1.29, 1.82) is 0 Å². The number of nitro benzene ring substituents is 1. The Morgan fingerprint density at radius 2 is 2.24 bits per heavy atom. The van der Waals surface area contributed by atoms with Crippen molar-refractivity contribution < 1.29 is 14.5 Å². The zero-order valence-electron chi connectivity index (χ0n) is 12.4. The number of carbonyl (C=O) groups excluding carboxylic acids is 1. The van der Waals surface area contributed by atoms with Gasteiger partial charge in [0, 0.05) is 32.0 Å². The van der Waals surface area contributed by atoms with E-state index in [0.29, 0.717) is 12.4 Å². The molecule has 1 atom stereocenters. The molecule has 1 aromatic carbocycles. The van der Waals surface area contributed by atoms with Gasteiger partial charge in [-0.15, -0.1) is 11.8 Å². The molecule has 21 heavy (non-hydrogen) atoms. The number of hydrogen-bond donors (Lipinski definition) is 0. The van der Waals surface area contributed by atoms with Gasteiger partial charge in [0.25, 0.3) is 5.69 Å². The van der Waals surface area contributed by atoms with E-state index in [-0.39, 0.29) is 17.6 Å². The van der Waals surface area contributed by atoms with Gasteiger partial charge in [0.2, 0.25) is 5.91 Å². The van der Waals surface area contributed by atoms with Crippen LogP contribution in [-0.2, 0) is 9.53 Å². The maximum atomic E-state index is 12.1. The van der Waals surface area contributed by atoms with E-state index in [1.165, 1.54) is 23.9 Å². The van der Waals surface area contributed by atoms with Crippen molar-refractivity contribution in [3.63, 3.8) is 0 Å². The number of benzene rings is 1. The van der Waals surface area contributed by atoms with Gasteiger partial charge < -0.3 is 9.64 Å². The Morgan fingerprint density at radius 1 is 1.52 bits per heavy atom. The third-order valence-corrected chi connectivity index (χ3v) is 4.10. The van der Waals surface area contributed by atoms with E-state index >= 15 is 0 Å². The second-order valence-electron chi connectivity index (χ2n) is 4.58. The lowest BCUT2D eigenvalue weighted by molar-refractivity contribution is -0.384. The van der Waals surface area contributed by atoms with Crippen LogP contribution in [0.1, 0.15) is 18.5 Å². The van der Waals surface area contributed by atoms with Gasteiger partial charge in [-0.25, -0.2) is 0 Å². The molecule has 1 amide bonds. The molecular formula is C14H20N2O4S. The summed E-state index contributed by atoms with van der Waals surface area (Å²) in [6.45, 7) is 2.47. The van der Waals surface area contributed by atoms with Crippen molar-refractivity contribution in [3.8, 4) is 0 Å². The van der Waals surface area contributed by atoms with Crippen LogP contribution in [0.5, 0.6) is 0 Å². The fraction of sp³-hybridized carbons (Fsp3) is 0.500. The molecular weight excluding hydrogens is 292 g/mol. The van der Waals surface area contributed by atoms with E-state index in [1.54, 1.807) is 31.2 Å². The van der Waals surface area contributed by atoms with E-state index in [1.807, 2.05) is 6.92 Å². The normalized spacial score (nSPS) is 12.0. The molecule has 0 aliphatic rings. The first kappa shape index (κ1) is 17.5. The highest BCUT2D eigenvalue weighted by molar-refractivity contribution is 7.99. The minimum Gasteiger partial charge on any atom is -0.384 e. The summed E-state index contributed by atoms with van der Waals surface area (Å²) >= 11 is 1.51. The molecule has 0 spiro atoms. The van der Waals surface area contributed by atoms with Crippen LogP contribution in [0, 0.1) is 10.1 Å². The highest BCUT2D eigenvalue weighted by Crippen LogP contribution is 2.23. The standard InChI is InChI=1S/C14H20N2O4S/c1-11(12-5-4-6-13(9-12)16(18)19)15(2)14(17)10-21-8-7-20-3/h4-6,9,11H,7-8,10H2,1-3H3/t11-/m0/s1. The molecule has 0 fully saturated rings. The minimum absolute atomic E-state index is 0.00453. The van der Waals surface area contributed by atoms with Crippen LogP contribution >= 0.6 is 11.8 Å². The Bertz CT molecular complexity index is 496. The first-order valence-corrected chi connectivity index (χ1v) is 7.69. The lowest BCUT2D eigenvalue weighted by Crippen LogP contribution is -2.31. The number of carbonyl (C=O) groups is 1. The minimum atomic E-state index is -0.432. The number of thioether (sulfide) groups is 1. The van der Waals surface area contributed by atoms with E-state index in [4.69, 9.17) is 4.74 Å². The third-order valence-electron chi connectivity index (χ3n) is 3.20. The maximum Gasteiger partial charge on any atom is 0.269 e. The quantitative estimate of drug-likeness (QED) is 0.419. The van der Waals surface area contributed by atoms with E-state index < -0.39 is 4.92 Å². The number of methoxy groups -OCH3 is 1. The summed E-state index contributed by atoms with van der Waals surface area (Å²) in [6, 6.07) is 6.17. The number of non-ortho nitro benzene ring substituents is 1. The van der Waals surface area contributed by atoms with Gasteiger partial charge in [0.1, 0.15) is 0 Å². The van der Waals surface area contributed by atoms with Crippen molar-refractivity contribution in [2.24, 2.45) is 0 Å². The van der Waals surface area contributed by atoms with Gasteiger partial charge >= 0.3 is 0 Å². The number of nitro groups is 1. The number of ether oxygens (including phenoxy) is 1. The van der Waals surface area contributed by atoms with Crippen molar-refractivity contribution in [2.45, 2.75) is 13.0 Å². The average Bonchev–Trinajstić information content (AvgIpc) is 2.50. The van der Waals surface area contributed by atoms with Crippen LogP contribution < -0.4 is 0 Å². The van der Waals surface area contributed by atoms with Crippen LogP contribution in [-0.4, -0.2) is 48.0 Å². The Labute approximate surface area is 128 Å². The summed E-state index contributed by atoms with van der Waals surface area (Å²) in [7, 11) is 3.33. The molecule has 1 rings (SSSR count). The summed E-state index contributed by atoms with van der Waals surface area (Å²) in [5.74, 6) is 1.13. The monoisotopic (exact) mass is 312 g/mol. The molecule has 0 heterocycles. The summed E-state index contributed by atoms with van der Waals surface area (Å²) in [4.78, 5) is 24.0. The SMILES string of the molecule is COCCSCC(=O)N(C)[C@@H](C)c1cccc([N+](=O)[O-])c1. The number of nitrogens with zero attached hydrogens (tertiary/aromatic N) is 2. The molecule has 0 aliphatic heterocycles. The molecule has 0 saturated heterocycles. The van der Waals surface area contributed by atoms with Crippen molar-refractivity contribution in [2.75, 3.05) is 32.3 Å². The summed E-state index contributed by atoms with van der Waals surface area (Å²) in [6.07, 6.45) is 0. The maximum absolute atomic E-state index is 12.1. The lowest BCUT2D eigenvalue weighted by atomic mass is 10.1. The van der Waals surface area contributed by atoms with Gasteiger partial charge in [0.15, 0.2) is 0 Å².